The summed E-state index contributed by atoms with van der Waals surface area (Å²) in [6.45, 7) is 4.95. The van der Waals surface area contributed by atoms with Crippen LogP contribution in [-0.2, 0) is 16.0 Å². The second-order valence-electron chi connectivity index (χ2n) is 7.18. The van der Waals surface area contributed by atoms with Gasteiger partial charge < -0.3 is 15.4 Å². The molecule has 1 fully saturated rings. The fourth-order valence-corrected chi connectivity index (χ4v) is 3.35. The van der Waals surface area contributed by atoms with Crippen molar-refractivity contribution in [3.05, 3.63) is 71.8 Å². The Labute approximate surface area is 172 Å². The monoisotopic (exact) mass is 395 g/mol. The quantitative estimate of drug-likeness (QED) is 0.636. The van der Waals surface area contributed by atoms with Crippen molar-refractivity contribution >= 4 is 11.8 Å². The summed E-state index contributed by atoms with van der Waals surface area (Å²) >= 11 is 0. The maximum absolute atomic E-state index is 12.8. The van der Waals surface area contributed by atoms with Crippen molar-refractivity contribution in [3.63, 3.8) is 0 Å². The molecule has 154 valence electrons. The zero-order chi connectivity index (χ0) is 20.3. The summed E-state index contributed by atoms with van der Waals surface area (Å²) in [5.41, 5.74) is 1.56. The fraction of sp³-hybridized carbons (Fsp3) is 0.391. The number of nitrogens with one attached hydrogen (secondary N) is 2. The van der Waals surface area contributed by atoms with Crippen LogP contribution in [0.4, 0.5) is 0 Å². The topological polar surface area (TPSA) is 70.7 Å². The van der Waals surface area contributed by atoms with Gasteiger partial charge in [0.05, 0.1) is 13.2 Å². The van der Waals surface area contributed by atoms with Crippen LogP contribution in [0.5, 0.6) is 0 Å². The van der Waals surface area contributed by atoms with E-state index >= 15 is 0 Å². The van der Waals surface area contributed by atoms with Gasteiger partial charge in [0.15, 0.2) is 0 Å². The maximum Gasteiger partial charge on any atom is 0.251 e. The summed E-state index contributed by atoms with van der Waals surface area (Å²) in [5, 5.41) is 5.88. The maximum atomic E-state index is 12.8. The van der Waals surface area contributed by atoms with Crippen LogP contribution in [0, 0.1) is 0 Å². The lowest BCUT2D eigenvalue weighted by Crippen LogP contribution is -2.48. The zero-order valence-corrected chi connectivity index (χ0v) is 16.7. The second-order valence-corrected chi connectivity index (χ2v) is 7.18. The summed E-state index contributed by atoms with van der Waals surface area (Å²) in [5.74, 6) is -0.393. The largest absolute Gasteiger partial charge is 0.379 e. The molecule has 1 saturated heterocycles. The highest BCUT2D eigenvalue weighted by molar-refractivity contribution is 5.97. The van der Waals surface area contributed by atoms with Crippen molar-refractivity contribution < 1.29 is 14.3 Å². The number of rotatable bonds is 9. The highest BCUT2D eigenvalue weighted by Crippen LogP contribution is 2.06. The zero-order valence-electron chi connectivity index (χ0n) is 16.7. The molecule has 0 radical (unpaired) electrons. The van der Waals surface area contributed by atoms with Gasteiger partial charge in [-0.05, 0) is 30.7 Å². The van der Waals surface area contributed by atoms with Gasteiger partial charge >= 0.3 is 0 Å². The van der Waals surface area contributed by atoms with E-state index in [0.717, 1.165) is 44.8 Å². The summed E-state index contributed by atoms with van der Waals surface area (Å²) in [6, 6.07) is 18.1. The smallest absolute Gasteiger partial charge is 0.251 e. The van der Waals surface area contributed by atoms with E-state index in [4.69, 9.17) is 4.74 Å². The van der Waals surface area contributed by atoms with E-state index in [9.17, 15) is 9.59 Å². The molecule has 0 bridgehead atoms. The third-order valence-corrected chi connectivity index (χ3v) is 4.99. The molecule has 0 spiro atoms. The van der Waals surface area contributed by atoms with Crippen LogP contribution in [0.2, 0.25) is 0 Å². The Balaban J connectivity index is 1.54. The van der Waals surface area contributed by atoms with Gasteiger partial charge in [0, 0.05) is 31.6 Å². The SMILES string of the molecule is O=C(N[C@H](Cc1ccccc1)C(=O)NCCCN1CCOCC1)c1ccccc1. The molecule has 2 N–H and O–H groups in total. The van der Waals surface area contributed by atoms with E-state index in [-0.39, 0.29) is 11.8 Å². The first kappa shape index (κ1) is 21.0. The average molecular weight is 396 g/mol. The Morgan fingerprint density at radius 1 is 0.966 bits per heavy atom. The Morgan fingerprint density at radius 3 is 2.31 bits per heavy atom. The average Bonchev–Trinajstić information content (AvgIpc) is 2.78. The van der Waals surface area contributed by atoms with Gasteiger partial charge in [-0.25, -0.2) is 0 Å². The van der Waals surface area contributed by atoms with Crippen LogP contribution in [-0.4, -0.2) is 62.1 Å². The first-order valence-electron chi connectivity index (χ1n) is 10.2. The van der Waals surface area contributed by atoms with Gasteiger partial charge in [0.2, 0.25) is 5.91 Å². The van der Waals surface area contributed by atoms with Crippen LogP contribution in [0.1, 0.15) is 22.3 Å². The molecule has 29 heavy (non-hydrogen) atoms. The number of ether oxygens (including phenoxy) is 1. The molecule has 1 aliphatic heterocycles. The van der Waals surface area contributed by atoms with Gasteiger partial charge in [0.25, 0.3) is 5.91 Å². The van der Waals surface area contributed by atoms with Crippen LogP contribution in [0.25, 0.3) is 0 Å². The summed E-state index contributed by atoms with van der Waals surface area (Å²) in [4.78, 5) is 27.7. The van der Waals surface area contributed by atoms with Gasteiger partial charge in [0.1, 0.15) is 6.04 Å². The molecule has 0 aromatic heterocycles. The lowest BCUT2D eigenvalue weighted by molar-refractivity contribution is -0.123. The third-order valence-electron chi connectivity index (χ3n) is 4.99. The van der Waals surface area contributed by atoms with Crippen molar-refractivity contribution in [1.29, 1.82) is 0 Å². The fourth-order valence-electron chi connectivity index (χ4n) is 3.35. The van der Waals surface area contributed by atoms with Gasteiger partial charge in [-0.1, -0.05) is 48.5 Å². The summed E-state index contributed by atoms with van der Waals surface area (Å²) < 4.78 is 5.35. The number of hydrogen-bond donors (Lipinski definition) is 2. The normalized spacial score (nSPS) is 15.4. The predicted molar refractivity (Wildman–Crippen MR) is 113 cm³/mol. The molecule has 1 heterocycles. The van der Waals surface area contributed by atoms with Crippen LogP contribution in [0.15, 0.2) is 60.7 Å². The molecular weight excluding hydrogens is 366 g/mol. The molecule has 3 rings (SSSR count). The number of carbonyl (C=O) groups excluding carboxylic acids is 2. The van der Waals surface area contributed by atoms with Crippen LogP contribution >= 0.6 is 0 Å². The number of amides is 2. The lowest BCUT2D eigenvalue weighted by atomic mass is 10.0. The van der Waals surface area contributed by atoms with E-state index in [1.165, 1.54) is 0 Å². The number of carbonyl (C=O) groups is 2. The van der Waals surface area contributed by atoms with E-state index < -0.39 is 6.04 Å². The minimum absolute atomic E-state index is 0.153. The van der Waals surface area contributed by atoms with Crippen molar-refractivity contribution in [2.24, 2.45) is 0 Å². The van der Waals surface area contributed by atoms with Gasteiger partial charge in [-0.2, -0.15) is 0 Å². The predicted octanol–water partition coefficient (Wildman–Crippen LogP) is 1.87. The summed E-state index contributed by atoms with van der Waals surface area (Å²) in [6.07, 6.45) is 1.32. The first-order valence-corrected chi connectivity index (χ1v) is 10.2. The molecule has 1 aliphatic rings. The minimum Gasteiger partial charge on any atom is -0.379 e. The molecule has 6 heteroatoms. The molecule has 0 saturated carbocycles. The van der Waals surface area contributed by atoms with E-state index in [1.54, 1.807) is 12.1 Å². The van der Waals surface area contributed by atoms with Crippen molar-refractivity contribution in [1.82, 2.24) is 15.5 Å². The van der Waals surface area contributed by atoms with Crippen molar-refractivity contribution in [3.8, 4) is 0 Å². The first-order chi connectivity index (χ1) is 14.2. The van der Waals surface area contributed by atoms with Crippen molar-refractivity contribution in [2.75, 3.05) is 39.4 Å². The summed E-state index contributed by atoms with van der Waals surface area (Å²) in [7, 11) is 0. The highest BCUT2D eigenvalue weighted by Gasteiger charge is 2.21. The van der Waals surface area contributed by atoms with Crippen LogP contribution < -0.4 is 10.6 Å². The molecule has 0 unspecified atom stereocenters. The number of morpholine rings is 1. The molecule has 6 nitrogen and oxygen atoms in total. The second kappa shape index (κ2) is 11.3. The number of hydrogen-bond acceptors (Lipinski definition) is 4. The number of benzene rings is 2. The molecule has 2 aromatic carbocycles. The minimum atomic E-state index is -0.617. The molecule has 0 aliphatic carbocycles. The van der Waals surface area contributed by atoms with E-state index in [2.05, 4.69) is 15.5 Å². The molecular formula is C23H29N3O3. The Hall–Kier alpha value is -2.70. The van der Waals surface area contributed by atoms with Gasteiger partial charge in [-0.15, -0.1) is 0 Å². The van der Waals surface area contributed by atoms with Crippen LogP contribution in [0.3, 0.4) is 0 Å². The van der Waals surface area contributed by atoms with Gasteiger partial charge in [-0.3, -0.25) is 14.5 Å². The Kier molecular flexibility index (Phi) is 8.22. The molecule has 2 amide bonds. The third kappa shape index (κ3) is 7.00. The van der Waals surface area contributed by atoms with E-state index in [1.807, 2.05) is 48.5 Å². The Bertz CT molecular complexity index is 761. The van der Waals surface area contributed by atoms with Crippen molar-refractivity contribution in [2.45, 2.75) is 18.9 Å². The standard InChI is InChI=1S/C23H29N3O3/c27-22(20-10-5-2-6-11-20)25-21(18-19-8-3-1-4-9-19)23(28)24-12-7-13-26-14-16-29-17-15-26/h1-6,8-11,21H,7,12-18H2,(H,24,28)(H,25,27)/t21-/m1/s1. The lowest BCUT2D eigenvalue weighted by Gasteiger charge is -2.26. The molecule has 2 aromatic rings. The van der Waals surface area contributed by atoms with E-state index in [0.29, 0.717) is 18.5 Å². The highest BCUT2D eigenvalue weighted by atomic mass is 16.5. The number of nitrogens with zero attached hydrogens (tertiary/aromatic N) is 1. The molecule has 1 atom stereocenters. The Morgan fingerprint density at radius 2 is 1.62 bits per heavy atom.